The van der Waals surface area contributed by atoms with Gasteiger partial charge in [-0.05, 0) is 36.2 Å². The maximum atomic E-state index is 12.5. The van der Waals surface area contributed by atoms with E-state index in [9.17, 15) is 8.42 Å². The molecule has 4 rings (SSSR count). The van der Waals surface area contributed by atoms with E-state index in [0.717, 1.165) is 31.6 Å². The molecule has 0 aliphatic carbocycles. The van der Waals surface area contributed by atoms with E-state index in [4.69, 9.17) is 0 Å². The van der Waals surface area contributed by atoms with Gasteiger partial charge in [0.25, 0.3) is 10.2 Å². The second kappa shape index (κ2) is 6.95. The molecule has 1 aromatic rings. The lowest BCUT2D eigenvalue weighted by atomic mass is 9.95. The molecule has 3 fully saturated rings. The highest BCUT2D eigenvalue weighted by Gasteiger charge is 2.40. The summed E-state index contributed by atoms with van der Waals surface area (Å²) in [5.41, 5.74) is 1.08. The monoisotopic (exact) mass is 373 g/mol. The molecule has 2 atom stereocenters. The highest BCUT2D eigenvalue weighted by atomic mass is 32.2. The third-order valence-corrected chi connectivity index (χ3v) is 7.66. The number of nitrogens with zero attached hydrogens (tertiary/aromatic N) is 5. The number of aromatic nitrogens is 2. The first-order chi connectivity index (χ1) is 11.3. The zero-order chi connectivity index (χ0) is 17.5. The molecule has 136 valence electrons. The predicted octanol–water partition coefficient (Wildman–Crippen LogP) is 1.36. The van der Waals surface area contributed by atoms with Crippen molar-refractivity contribution in [1.29, 1.82) is 0 Å². The quantitative estimate of drug-likeness (QED) is 0.779. The Bertz CT molecular complexity index is 673. The average molecular weight is 374 g/mol. The number of fused-ring (bicyclic) bond motifs is 4. The van der Waals surface area contributed by atoms with E-state index in [2.05, 4.69) is 28.3 Å². The number of piperidine rings is 1. The second-order valence-electron chi connectivity index (χ2n) is 7.37. The van der Waals surface area contributed by atoms with Gasteiger partial charge in [-0.1, -0.05) is 18.3 Å². The zero-order valence-corrected chi connectivity index (χ0v) is 16.5. The molecular weight excluding hydrogens is 346 g/mol. The van der Waals surface area contributed by atoms with Crippen molar-refractivity contribution in [2.24, 2.45) is 5.92 Å². The lowest BCUT2D eigenvalue weighted by Gasteiger charge is -2.35. The van der Waals surface area contributed by atoms with Crippen molar-refractivity contribution in [3.63, 3.8) is 0 Å². The summed E-state index contributed by atoms with van der Waals surface area (Å²) in [7, 11) is -0.120. The van der Waals surface area contributed by atoms with Gasteiger partial charge < -0.3 is 0 Å². The summed E-state index contributed by atoms with van der Waals surface area (Å²) in [6, 6.07) is 0.278. The Morgan fingerprint density at radius 1 is 1.25 bits per heavy atom. The topological polar surface area (TPSA) is 69.6 Å². The molecule has 0 amide bonds. The van der Waals surface area contributed by atoms with Crippen LogP contribution in [-0.2, 0) is 16.8 Å². The van der Waals surface area contributed by atoms with Crippen molar-refractivity contribution in [1.82, 2.24) is 23.1 Å². The lowest BCUT2D eigenvalue weighted by molar-refractivity contribution is 0.126. The van der Waals surface area contributed by atoms with Crippen LogP contribution in [0.15, 0.2) is 0 Å². The predicted molar refractivity (Wildman–Crippen MR) is 95.1 cm³/mol. The van der Waals surface area contributed by atoms with E-state index in [-0.39, 0.29) is 6.04 Å². The largest absolute Gasteiger partial charge is 0.294 e. The van der Waals surface area contributed by atoms with Gasteiger partial charge in [0.15, 0.2) is 0 Å². The molecular formula is C15H27N5O2S2. The molecule has 3 saturated heterocycles. The summed E-state index contributed by atoms with van der Waals surface area (Å²) in [6.45, 7) is 7.29. The first-order valence-electron chi connectivity index (χ1n) is 8.51. The van der Waals surface area contributed by atoms with Crippen LogP contribution in [0.1, 0.15) is 43.2 Å². The average Bonchev–Trinajstić information content (AvgIpc) is 2.77. The Morgan fingerprint density at radius 3 is 2.67 bits per heavy atom. The Balaban J connectivity index is 1.78. The van der Waals surface area contributed by atoms with Crippen molar-refractivity contribution < 1.29 is 8.42 Å². The van der Waals surface area contributed by atoms with Gasteiger partial charge in [-0.2, -0.15) is 17.0 Å². The van der Waals surface area contributed by atoms with Crippen molar-refractivity contribution in [3.8, 4) is 0 Å². The van der Waals surface area contributed by atoms with Crippen LogP contribution in [0, 0.1) is 5.92 Å². The molecule has 4 heterocycles. The van der Waals surface area contributed by atoms with E-state index < -0.39 is 10.2 Å². The molecule has 3 aliphatic rings. The Kier molecular flexibility index (Phi) is 5.27. The minimum absolute atomic E-state index is 0.278. The molecule has 7 nitrogen and oxygen atoms in total. The van der Waals surface area contributed by atoms with Gasteiger partial charge in [0.05, 0.1) is 10.6 Å². The zero-order valence-electron chi connectivity index (χ0n) is 14.8. The molecule has 1 aromatic heterocycles. The minimum atomic E-state index is -3.34. The van der Waals surface area contributed by atoms with Crippen LogP contribution >= 0.6 is 11.5 Å². The van der Waals surface area contributed by atoms with Crippen LogP contribution in [0.3, 0.4) is 0 Å². The number of rotatable bonds is 5. The fourth-order valence-electron chi connectivity index (χ4n) is 3.70. The minimum Gasteiger partial charge on any atom is -0.294 e. The van der Waals surface area contributed by atoms with Gasteiger partial charge >= 0.3 is 0 Å². The van der Waals surface area contributed by atoms with Crippen LogP contribution in [0.25, 0.3) is 0 Å². The molecule has 2 bridgehead atoms. The number of hydrogen-bond acceptors (Lipinski definition) is 6. The summed E-state index contributed by atoms with van der Waals surface area (Å²) in [5, 5.41) is 4.27. The fraction of sp³-hybridized carbons (Fsp3) is 0.867. The van der Waals surface area contributed by atoms with Crippen molar-refractivity contribution in [3.05, 3.63) is 10.6 Å². The highest BCUT2D eigenvalue weighted by Crippen LogP contribution is 2.32. The van der Waals surface area contributed by atoms with Gasteiger partial charge in [0, 0.05) is 46.3 Å². The Hall–Kier alpha value is -0.610. The van der Waals surface area contributed by atoms with E-state index in [1.165, 1.54) is 20.7 Å². The molecule has 3 aliphatic heterocycles. The molecule has 24 heavy (non-hydrogen) atoms. The highest BCUT2D eigenvalue weighted by molar-refractivity contribution is 7.86. The molecule has 0 spiro atoms. The maximum absolute atomic E-state index is 12.5. The van der Waals surface area contributed by atoms with Crippen LogP contribution in [0.5, 0.6) is 0 Å². The van der Waals surface area contributed by atoms with E-state index in [1.54, 1.807) is 18.4 Å². The molecule has 0 saturated carbocycles. The van der Waals surface area contributed by atoms with Gasteiger partial charge in [-0.25, -0.2) is 0 Å². The maximum Gasteiger partial charge on any atom is 0.281 e. The first-order valence-corrected chi connectivity index (χ1v) is 10.7. The normalized spacial score (nSPS) is 26.4. The van der Waals surface area contributed by atoms with Crippen LogP contribution < -0.4 is 0 Å². The summed E-state index contributed by atoms with van der Waals surface area (Å²) in [6.07, 6.45) is 2.17. The van der Waals surface area contributed by atoms with E-state index in [0.29, 0.717) is 24.9 Å². The van der Waals surface area contributed by atoms with E-state index in [1.807, 2.05) is 0 Å². The SMILES string of the molecule is CC(C)c1nnsc1CN1CC2CCC1CN(S(=O)(=O)N(C)C)C2. The summed E-state index contributed by atoms with van der Waals surface area (Å²) >= 11 is 1.47. The van der Waals surface area contributed by atoms with Crippen molar-refractivity contribution in [2.75, 3.05) is 33.7 Å². The second-order valence-corrected chi connectivity index (χ2v) is 10.4. The molecule has 9 heteroatoms. The van der Waals surface area contributed by atoms with Crippen LogP contribution in [-0.4, -0.2) is 71.3 Å². The van der Waals surface area contributed by atoms with Crippen LogP contribution in [0.4, 0.5) is 0 Å². The fourth-order valence-corrected chi connectivity index (χ4v) is 5.74. The Morgan fingerprint density at radius 2 is 2.00 bits per heavy atom. The summed E-state index contributed by atoms with van der Waals surface area (Å²) in [4.78, 5) is 3.67. The van der Waals surface area contributed by atoms with Gasteiger partial charge in [0.2, 0.25) is 0 Å². The molecule has 2 unspecified atom stereocenters. The molecule has 0 N–H and O–H groups in total. The van der Waals surface area contributed by atoms with Crippen molar-refractivity contribution in [2.45, 2.75) is 45.2 Å². The first kappa shape index (κ1) is 18.2. The third kappa shape index (κ3) is 3.50. The lowest BCUT2D eigenvalue weighted by Crippen LogP contribution is -2.45. The summed E-state index contributed by atoms with van der Waals surface area (Å²) < 4.78 is 32.2. The summed E-state index contributed by atoms with van der Waals surface area (Å²) in [5.74, 6) is 0.774. The molecule has 0 radical (unpaired) electrons. The van der Waals surface area contributed by atoms with Crippen molar-refractivity contribution >= 4 is 21.7 Å². The standard InChI is InChI=1S/C15H27N5O2S2/c1-11(2)15-14(23-17-16-15)10-19-7-12-5-6-13(19)9-20(8-12)24(21,22)18(3)4/h11-13H,5-10H2,1-4H3. The third-order valence-electron chi connectivity index (χ3n) is 5.06. The Labute approximate surface area is 149 Å². The van der Waals surface area contributed by atoms with Gasteiger partial charge in [-0.15, -0.1) is 5.10 Å². The smallest absolute Gasteiger partial charge is 0.281 e. The molecule has 0 aromatic carbocycles. The van der Waals surface area contributed by atoms with Crippen LogP contribution in [0.2, 0.25) is 0 Å². The van der Waals surface area contributed by atoms with E-state index >= 15 is 0 Å². The van der Waals surface area contributed by atoms with Gasteiger partial charge in [-0.3, -0.25) is 4.90 Å². The van der Waals surface area contributed by atoms with Gasteiger partial charge in [0.1, 0.15) is 0 Å². The number of hydrogen-bond donors (Lipinski definition) is 0.